The van der Waals surface area contributed by atoms with Gasteiger partial charge in [-0.1, -0.05) is 17.7 Å². The SMILES string of the molecule is O=C(Cc1ccc(F)cc1Cl)c1cnn2ccncc12. The monoisotopic (exact) mass is 289 g/mol. The molecule has 1 aromatic carbocycles. The van der Waals surface area contributed by atoms with Crippen molar-refractivity contribution in [3.63, 3.8) is 0 Å². The normalized spacial score (nSPS) is 10.9. The number of aromatic nitrogens is 3. The van der Waals surface area contributed by atoms with Gasteiger partial charge in [-0.25, -0.2) is 8.91 Å². The Morgan fingerprint density at radius 2 is 2.20 bits per heavy atom. The smallest absolute Gasteiger partial charge is 0.171 e. The first-order valence-corrected chi connectivity index (χ1v) is 6.27. The van der Waals surface area contributed by atoms with Crippen molar-refractivity contribution in [2.75, 3.05) is 0 Å². The number of fused-ring (bicyclic) bond motifs is 1. The quantitative estimate of drug-likeness (QED) is 0.697. The van der Waals surface area contributed by atoms with Crippen LogP contribution >= 0.6 is 11.6 Å². The van der Waals surface area contributed by atoms with E-state index in [1.165, 1.54) is 24.4 Å². The highest BCUT2D eigenvalue weighted by Crippen LogP contribution is 2.20. The molecule has 0 spiro atoms. The van der Waals surface area contributed by atoms with Gasteiger partial charge in [0, 0.05) is 23.8 Å². The second-order valence-corrected chi connectivity index (χ2v) is 4.71. The zero-order valence-corrected chi connectivity index (χ0v) is 11.0. The van der Waals surface area contributed by atoms with Gasteiger partial charge >= 0.3 is 0 Å². The average molecular weight is 290 g/mol. The van der Waals surface area contributed by atoms with Gasteiger partial charge in [0.05, 0.1) is 23.5 Å². The minimum atomic E-state index is -0.425. The van der Waals surface area contributed by atoms with E-state index in [2.05, 4.69) is 10.1 Å². The van der Waals surface area contributed by atoms with Crippen molar-refractivity contribution in [1.29, 1.82) is 0 Å². The maximum atomic E-state index is 13.0. The molecule has 4 nitrogen and oxygen atoms in total. The fraction of sp³-hybridized carbons (Fsp3) is 0.0714. The molecule has 6 heteroatoms. The highest BCUT2D eigenvalue weighted by molar-refractivity contribution is 6.31. The highest BCUT2D eigenvalue weighted by Gasteiger charge is 2.15. The highest BCUT2D eigenvalue weighted by atomic mass is 35.5. The molecule has 100 valence electrons. The summed E-state index contributed by atoms with van der Waals surface area (Å²) in [4.78, 5) is 16.3. The fourth-order valence-corrected chi connectivity index (χ4v) is 2.22. The zero-order valence-electron chi connectivity index (χ0n) is 10.3. The average Bonchev–Trinajstić information content (AvgIpc) is 2.86. The summed E-state index contributed by atoms with van der Waals surface area (Å²) < 4.78 is 14.6. The van der Waals surface area contributed by atoms with Gasteiger partial charge in [0.15, 0.2) is 5.78 Å². The summed E-state index contributed by atoms with van der Waals surface area (Å²) in [6, 6.07) is 3.99. The second-order valence-electron chi connectivity index (χ2n) is 4.30. The van der Waals surface area contributed by atoms with Crippen LogP contribution in [0.5, 0.6) is 0 Å². The zero-order chi connectivity index (χ0) is 14.1. The van der Waals surface area contributed by atoms with Crippen LogP contribution in [-0.4, -0.2) is 20.4 Å². The summed E-state index contributed by atoms with van der Waals surface area (Å²) >= 11 is 5.93. The van der Waals surface area contributed by atoms with Crippen LogP contribution in [0.4, 0.5) is 4.39 Å². The molecule has 0 radical (unpaired) electrons. The van der Waals surface area contributed by atoms with Gasteiger partial charge in [0.25, 0.3) is 0 Å². The molecular weight excluding hydrogens is 281 g/mol. The van der Waals surface area contributed by atoms with E-state index < -0.39 is 5.82 Å². The third kappa shape index (κ3) is 2.28. The standard InChI is InChI=1S/C14H9ClFN3O/c15-12-6-10(16)2-1-9(12)5-14(20)11-7-18-19-4-3-17-8-13(11)19/h1-4,6-8H,5H2. The molecule has 20 heavy (non-hydrogen) atoms. The van der Waals surface area contributed by atoms with Crippen molar-refractivity contribution in [2.45, 2.75) is 6.42 Å². The van der Waals surface area contributed by atoms with Gasteiger partial charge < -0.3 is 0 Å². The summed E-state index contributed by atoms with van der Waals surface area (Å²) in [5, 5.41) is 4.32. The molecular formula is C14H9ClFN3O. The number of carbonyl (C=O) groups excluding carboxylic acids is 1. The van der Waals surface area contributed by atoms with E-state index >= 15 is 0 Å². The Hall–Kier alpha value is -2.27. The van der Waals surface area contributed by atoms with Crippen LogP contribution in [0.15, 0.2) is 43.0 Å². The lowest BCUT2D eigenvalue weighted by Gasteiger charge is -2.03. The third-order valence-electron chi connectivity index (χ3n) is 2.99. The van der Waals surface area contributed by atoms with E-state index in [1.54, 1.807) is 23.1 Å². The van der Waals surface area contributed by atoms with Crippen LogP contribution in [0, 0.1) is 5.82 Å². The van der Waals surface area contributed by atoms with Crippen LogP contribution in [0.3, 0.4) is 0 Å². The first-order chi connectivity index (χ1) is 9.65. The summed E-state index contributed by atoms with van der Waals surface area (Å²) in [5.41, 5.74) is 1.69. The number of carbonyl (C=O) groups is 1. The number of hydrogen-bond acceptors (Lipinski definition) is 3. The lowest BCUT2D eigenvalue weighted by molar-refractivity contribution is 0.0994. The van der Waals surface area contributed by atoms with Crippen molar-refractivity contribution >= 4 is 22.9 Å². The van der Waals surface area contributed by atoms with Gasteiger partial charge in [-0.05, 0) is 17.7 Å². The van der Waals surface area contributed by atoms with Crippen LogP contribution in [-0.2, 0) is 6.42 Å². The van der Waals surface area contributed by atoms with Crippen LogP contribution < -0.4 is 0 Å². The fourth-order valence-electron chi connectivity index (χ4n) is 1.98. The van der Waals surface area contributed by atoms with Gasteiger partial charge in [0.1, 0.15) is 5.82 Å². The minimum Gasteiger partial charge on any atom is -0.294 e. The maximum Gasteiger partial charge on any atom is 0.171 e. The van der Waals surface area contributed by atoms with Crippen LogP contribution in [0.2, 0.25) is 5.02 Å². The van der Waals surface area contributed by atoms with E-state index in [0.717, 1.165) is 0 Å². The number of benzene rings is 1. The van der Waals surface area contributed by atoms with Gasteiger partial charge in [0.2, 0.25) is 0 Å². The molecule has 3 aromatic rings. The molecule has 0 aliphatic carbocycles. The Morgan fingerprint density at radius 3 is 3.00 bits per heavy atom. The van der Waals surface area contributed by atoms with Crippen molar-refractivity contribution in [3.05, 3.63) is 65.0 Å². The van der Waals surface area contributed by atoms with Gasteiger partial charge in [-0.3, -0.25) is 9.78 Å². The largest absolute Gasteiger partial charge is 0.294 e. The number of hydrogen-bond donors (Lipinski definition) is 0. The Morgan fingerprint density at radius 1 is 1.35 bits per heavy atom. The number of rotatable bonds is 3. The topological polar surface area (TPSA) is 47.3 Å². The summed E-state index contributed by atoms with van der Waals surface area (Å²) in [7, 11) is 0. The first kappa shape index (κ1) is 12.7. The first-order valence-electron chi connectivity index (χ1n) is 5.89. The molecule has 0 amide bonds. The molecule has 0 aliphatic heterocycles. The van der Waals surface area contributed by atoms with Crippen molar-refractivity contribution in [1.82, 2.24) is 14.6 Å². The van der Waals surface area contributed by atoms with E-state index in [4.69, 9.17) is 11.6 Å². The molecule has 0 fully saturated rings. The van der Waals surface area contributed by atoms with Crippen LogP contribution in [0.25, 0.3) is 5.52 Å². The number of nitrogens with zero attached hydrogens (tertiary/aromatic N) is 3. The summed E-state index contributed by atoms with van der Waals surface area (Å²) in [5.74, 6) is -0.562. The molecule has 0 bridgehead atoms. The minimum absolute atomic E-state index is 0.0926. The summed E-state index contributed by atoms with van der Waals surface area (Å²) in [6.45, 7) is 0. The Kier molecular flexibility index (Phi) is 3.20. The van der Waals surface area contributed by atoms with E-state index in [-0.39, 0.29) is 17.2 Å². The van der Waals surface area contributed by atoms with Crippen LogP contribution in [0.1, 0.15) is 15.9 Å². The molecule has 0 aliphatic rings. The van der Waals surface area contributed by atoms with E-state index in [0.29, 0.717) is 16.6 Å². The number of halogens is 2. The number of Topliss-reactive ketones (excluding diaryl/α,β-unsaturated/α-hetero) is 1. The lowest BCUT2D eigenvalue weighted by atomic mass is 10.0. The molecule has 2 heterocycles. The van der Waals surface area contributed by atoms with Crippen molar-refractivity contribution in [2.24, 2.45) is 0 Å². The number of ketones is 1. The second kappa shape index (κ2) is 5.02. The van der Waals surface area contributed by atoms with E-state index in [9.17, 15) is 9.18 Å². The summed E-state index contributed by atoms with van der Waals surface area (Å²) in [6.07, 6.45) is 6.42. The Bertz CT molecular complexity index is 800. The lowest BCUT2D eigenvalue weighted by Crippen LogP contribution is -2.04. The third-order valence-corrected chi connectivity index (χ3v) is 3.34. The predicted molar refractivity (Wildman–Crippen MR) is 72.4 cm³/mol. The molecule has 2 aromatic heterocycles. The molecule has 0 unspecified atom stereocenters. The molecule has 3 rings (SSSR count). The molecule has 0 atom stereocenters. The Balaban J connectivity index is 1.93. The maximum absolute atomic E-state index is 13.0. The van der Waals surface area contributed by atoms with E-state index in [1.807, 2.05) is 0 Å². The van der Waals surface area contributed by atoms with Gasteiger partial charge in [-0.15, -0.1) is 0 Å². The molecule has 0 saturated carbocycles. The Labute approximate surface area is 118 Å². The van der Waals surface area contributed by atoms with Crippen molar-refractivity contribution < 1.29 is 9.18 Å². The van der Waals surface area contributed by atoms with Gasteiger partial charge in [-0.2, -0.15) is 5.10 Å². The van der Waals surface area contributed by atoms with Crippen molar-refractivity contribution in [3.8, 4) is 0 Å². The molecule has 0 saturated heterocycles. The molecule has 0 N–H and O–H groups in total. The predicted octanol–water partition coefficient (Wildman–Crippen LogP) is 2.95.